The molecule has 4 atom stereocenters. The Kier molecular flexibility index (Phi) is 18.9. The normalized spacial score (nSPS) is 19.8. The highest BCUT2D eigenvalue weighted by atomic mass is 35.5. The van der Waals surface area contributed by atoms with Crippen LogP contribution in [0.5, 0.6) is 11.5 Å². The van der Waals surface area contributed by atoms with E-state index in [1.165, 1.54) is 16.2 Å². The Balaban J connectivity index is 0.825. The first-order valence-electron chi connectivity index (χ1n) is 24.4. The molecule has 4 aromatic rings. The smallest absolute Gasteiger partial charge is 0.251 e. The first-order valence-corrected chi connectivity index (χ1v) is 25.7. The predicted octanol–water partition coefficient (Wildman–Crippen LogP) is 7.53. The van der Waals surface area contributed by atoms with Crippen LogP contribution in [0.15, 0.2) is 72.2 Å². The number of hydrogen-bond acceptors (Lipinski definition) is 13. The van der Waals surface area contributed by atoms with Crippen molar-refractivity contribution in [2.75, 3.05) is 39.6 Å². The number of β-amino-alcohol motifs (C(OH)–C–C–N with tert-alkyl or cyclic N) is 1. The number of ether oxygens (including phenoxy) is 4. The molecule has 2 fully saturated rings. The zero-order chi connectivity index (χ0) is 52.4. The summed E-state index contributed by atoms with van der Waals surface area (Å²) in [7, 11) is 0. The quantitative estimate of drug-likeness (QED) is 0.0360. The number of carbonyl (C=O) groups is 4. The second kappa shape index (κ2) is 24.4. The van der Waals surface area contributed by atoms with Gasteiger partial charge in [0, 0.05) is 66.9 Å². The monoisotopic (exact) mass is 1030 g/mol. The molecule has 0 spiro atoms. The highest BCUT2D eigenvalue weighted by Gasteiger charge is 2.64. The number of aromatic nitrogens is 1. The third-order valence-corrected chi connectivity index (χ3v) is 14.6. The Labute approximate surface area is 431 Å². The lowest BCUT2D eigenvalue weighted by atomic mass is 9.49. The van der Waals surface area contributed by atoms with Crippen molar-refractivity contribution in [3.8, 4) is 28.0 Å². The number of aliphatic hydroxyl groups excluding tert-OH is 2. The Hall–Kier alpha value is -5.61. The molecule has 2 aliphatic rings. The molecule has 388 valence electrons. The van der Waals surface area contributed by atoms with Gasteiger partial charge in [-0.3, -0.25) is 19.2 Å². The summed E-state index contributed by atoms with van der Waals surface area (Å²) in [5, 5.41) is 39.6. The maximum atomic E-state index is 14.0. The summed E-state index contributed by atoms with van der Waals surface area (Å²) in [5.41, 5.74) is 3.46. The molecule has 1 aromatic heterocycles. The van der Waals surface area contributed by atoms with Gasteiger partial charge in [0.1, 0.15) is 42.4 Å². The van der Waals surface area contributed by atoms with Gasteiger partial charge in [-0.05, 0) is 80.0 Å². The number of unbranched alkanes of at least 4 members (excludes halogenated alkanes) is 2. The summed E-state index contributed by atoms with van der Waals surface area (Å²) >= 11 is 7.74. The number of aliphatic hydroxyl groups is 2. The number of thiazole rings is 1. The van der Waals surface area contributed by atoms with Gasteiger partial charge in [-0.2, -0.15) is 5.26 Å². The average Bonchev–Trinajstić information content (AvgIpc) is 3.96. The number of nitrogens with zero attached hydrogens (tertiary/aromatic N) is 3. The number of nitrogens with one attached hydrogen (secondary N) is 3. The Morgan fingerprint density at radius 3 is 2.19 bits per heavy atom. The summed E-state index contributed by atoms with van der Waals surface area (Å²) in [6.07, 6.45) is 0.600. The number of rotatable bonds is 23. The van der Waals surface area contributed by atoms with Gasteiger partial charge >= 0.3 is 0 Å². The number of carbonyl (C=O) groups excluding carboxylic acids is 4. The Morgan fingerprint density at radius 1 is 0.903 bits per heavy atom. The molecular weight excluding hydrogens is 960 g/mol. The van der Waals surface area contributed by atoms with Crippen molar-refractivity contribution in [3.63, 3.8) is 0 Å². The van der Waals surface area contributed by atoms with E-state index in [2.05, 4.69) is 54.7 Å². The standard InChI is InChI=1S/C54H69ClN6O10S/c1-33-44(72-32-57-33)34-13-15-35(16-14-34)46(64)59-48(66)42-27-38(62)30-61(42)49(67)45(52(2,3)4)58-43(63)31-69-25-12-24-68-23-10-9-11-26-70-39-20-17-36(18-21-39)47(65)60-50-53(5,6)51(54(50,7)8)71-40-22-19-37(29-56)41(55)28-40/h13-22,28,32,38,42,45-46,50-51,62,64H,9-12,23-27,30-31H2,1-8H3,(H,58,63)(H,59,66)(H,60,65)/t38-,42+,45-,46+,50-,51-/m1/s1. The van der Waals surface area contributed by atoms with Crippen LogP contribution in [0.1, 0.15) is 114 Å². The van der Waals surface area contributed by atoms with Crippen LogP contribution in [0.25, 0.3) is 10.4 Å². The van der Waals surface area contributed by atoms with Gasteiger partial charge in [0.15, 0.2) is 6.23 Å². The lowest BCUT2D eigenvalue weighted by molar-refractivity contribution is -0.164. The van der Waals surface area contributed by atoms with Crippen LogP contribution < -0.4 is 25.4 Å². The van der Waals surface area contributed by atoms with Crippen molar-refractivity contribution >= 4 is 46.6 Å². The SMILES string of the molecule is Cc1ncsc1-c1ccc([C@H](O)NC(=O)[C@@H]2C[C@@H](O)CN2C(=O)[C@@H](NC(=O)COCCCOCCCCCOc2ccc(C(=O)N[C@H]3C(C)(C)[C@H](Oc4ccc(C#N)c(Cl)c4)C3(C)C)cc2)C(C)(C)C)cc1. The van der Waals surface area contributed by atoms with Crippen molar-refractivity contribution in [2.45, 2.75) is 124 Å². The molecule has 3 aromatic carbocycles. The molecule has 2 heterocycles. The van der Waals surface area contributed by atoms with E-state index in [1.807, 2.05) is 19.1 Å². The summed E-state index contributed by atoms with van der Waals surface area (Å²) in [4.78, 5) is 60.4. The molecule has 18 heteroatoms. The van der Waals surface area contributed by atoms with Gasteiger partial charge < -0.3 is 50.0 Å². The molecule has 0 unspecified atom stereocenters. The third-order valence-electron chi connectivity index (χ3n) is 13.4. The minimum atomic E-state index is -1.35. The summed E-state index contributed by atoms with van der Waals surface area (Å²) in [5.74, 6) is -0.556. The lowest BCUT2D eigenvalue weighted by Gasteiger charge is -2.63. The van der Waals surface area contributed by atoms with Gasteiger partial charge in [-0.25, -0.2) is 4.98 Å². The molecule has 1 aliphatic heterocycles. The average molecular weight is 1030 g/mol. The van der Waals surface area contributed by atoms with Crippen LogP contribution >= 0.6 is 22.9 Å². The maximum Gasteiger partial charge on any atom is 0.251 e. The van der Waals surface area contributed by atoms with E-state index in [1.54, 1.807) is 80.9 Å². The van der Waals surface area contributed by atoms with Crippen molar-refractivity contribution < 1.29 is 48.3 Å². The molecule has 16 nitrogen and oxygen atoms in total. The van der Waals surface area contributed by atoms with E-state index in [0.29, 0.717) is 59.5 Å². The number of nitriles is 1. The molecule has 6 rings (SSSR count). The number of amides is 4. The highest BCUT2D eigenvalue weighted by Crippen LogP contribution is 2.55. The van der Waals surface area contributed by atoms with Crippen LogP contribution in [0.3, 0.4) is 0 Å². The van der Waals surface area contributed by atoms with Crippen LogP contribution in [0.2, 0.25) is 5.02 Å². The van der Waals surface area contributed by atoms with E-state index in [9.17, 15) is 34.7 Å². The largest absolute Gasteiger partial charge is 0.494 e. The number of benzene rings is 3. The fourth-order valence-electron chi connectivity index (χ4n) is 9.75. The fraction of sp³-hybridized carbons (Fsp3) is 0.519. The van der Waals surface area contributed by atoms with E-state index in [0.717, 1.165) is 35.4 Å². The molecule has 0 radical (unpaired) electrons. The molecule has 1 saturated carbocycles. The Morgan fingerprint density at radius 2 is 1.56 bits per heavy atom. The molecule has 72 heavy (non-hydrogen) atoms. The molecule has 1 aliphatic carbocycles. The van der Waals surface area contributed by atoms with Crippen LogP contribution in [0.4, 0.5) is 0 Å². The van der Waals surface area contributed by atoms with E-state index in [-0.39, 0.29) is 55.1 Å². The van der Waals surface area contributed by atoms with Crippen LogP contribution in [0, 0.1) is 34.5 Å². The number of halogens is 1. The Bertz CT molecular complexity index is 2520. The van der Waals surface area contributed by atoms with Crippen LogP contribution in [-0.2, 0) is 23.9 Å². The van der Waals surface area contributed by atoms with E-state index < -0.39 is 47.6 Å². The minimum absolute atomic E-state index is 0.0163. The van der Waals surface area contributed by atoms with Gasteiger partial charge in [0.25, 0.3) is 5.91 Å². The summed E-state index contributed by atoms with van der Waals surface area (Å²) in [6, 6.07) is 19.1. The number of aryl methyl sites for hydroxylation is 1. The van der Waals surface area contributed by atoms with Crippen molar-refractivity contribution in [1.82, 2.24) is 25.8 Å². The van der Waals surface area contributed by atoms with Gasteiger partial charge in [-0.15, -0.1) is 11.3 Å². The van der Waals surface area contributed by atoms with E-state index >= 15 is 0 Å². The first-order chi connectivity index (χ1) is 34.1. The molecule has 4 amide bonds. The molecule has 1 saturated heterocycles. The summed E-state index contributed by atoms with van der Waals surface area (Å²) in [6.45, 7) is 17.0. The second-order valence-corrected chi connectivity index (χ2v) is 22.1. The fourth-order valence-corrected chi connectivity index (χ4v) is 10.8. The third kappa shape index (κ3) is 13.9. The first kappa shape index (κ1) is 55.7. The lowest BCUT2D eigenvalue weighted by Crippen LogP contribution is -2.74. The van der Waals surface area contributed by atoms with E-state index in [4.69, 9.17) is 30.5 Å². The zero-order valence-electron chi connectivity index (χ0n) is 42.5. The minimum Gasteiger partial charge on any atom is -0.494 e. The molecule has 0 bridgehead atoms. The van der Waals surface area contributed by atoms with Gasteiger partial charge in [-0.1, -0.05) is 84.3 Å². The van der Waals surface area contributed by atoms with Crippen molar-refractivity contribution in [1.29, 1.82) is 5.26 Å². The van der Waals surface area contributed by atoms with Crippen molar-refractivity contribution in [2.24, 2.45) is 16.2 Å². The topological polar surface area (TPSA) is 222 Å². The van der Waals surface area contributed by atoms with Crippen LogP contribution in [-0.4, -0.2) is 114 Å². The van der Waals surface area contributed by atoms with Crippen molar-refractivity contribution in [3.05, 3.63) is 99.6 Å². The van der Waals surface area contributed by atoms with Gasteiger partial charge in [0.2, 0.25) is 17.7 Å². The zero-order valence-corrected chi connectivity index (χ0v) is 44.0. The van der Waals surface area contributed by atoms with Gasteiger partial charge in [0.05, 0.1) is 39.4 Å². The molecule has 5 N–H and O–H groups in total. The summed E-state index contributed by atoms with van der Waals surface area (Å²) < 4.78 is 23.6. The number of hydrogen-bond donors (Lipinski definition) is 5. The maximum absolute atomic E-state index is 14.0. The molecular formula is C54H69ClN6O10S. The number of likely N-dealkylation sites (tertiary alicyclic amines) is 1. The highest BCUT2D eigenvalue weighted by molar-refractivity contribution is 7.13. The predicted molar refractivity (Wildman–Crippen MR) is 274 cm³/mol. The second-order valence-electron chi connectivity index (χ2n) is 20.8.